The number of hydrogen-bond acceptors (Lipinski definition) is 5. The fourth-order valence-corrected chi connectivity index (χ4v) is 5.52. The van der Waals surface area contributed by atoms with Crippen LogP contribution in [0.15, 0.2) is 64.9 Å². The first-order valence-corrected chi connectivity index (χ1v) is 11.8. The summed E-state index contributed by atoms with van der Waals surface area (Å²) < 4.78 is 28.1. The lowest BCUT2D eigenvalue weighted by Gasteiger charge is -2.15. The van der Waals surface area contributed by atoms with Gasteiger partial charge in [-0.1, -0.05) is 17.7 Å². The highest BCUT2D eigenvalue weighted by atomic mass is 32.2. The number of carbonyl (C=O) groups excluding carboxylic acids is 2. The zero-order valence-corrected chi connectivity index (χ0v) is 18.2. The first-order chi connectivity index (χ1) is 14.8. The molecule has 10 heteroatoms. The van der Waals surface area contributed by atoms with Crippen LogP contribution in [0.5, 0.6) is 0 Å². The Morgan fingerprint density at radius 3 is 2.35 bits per heavy atom. The quantitative estimate of drug-likeness (QED) is 0.526. The second-order valence-electron chi connectivity index (χ2n) is 6.97. The Morgan fingerprint density at radius 2 is 1.71 bits per heavy atom. The summed E-state index contributed by atoms with van der Waals surface area (Å²) in [6, 6.07) is 15.0. The van der Waals surface area contributed by atoms with Crippen molar-refractivity contribution in [3.63, 3.8) is 0 Å². The molecule has 1 aliphatic heterocycles. The summed E-state index contributed by atoms with van der Waals surface area (Å²) in [5.41, 5.74) is 2.64. The highest BCUT2D eigenvalue weighted by Gasteiger charge is 2.25. The van der Waals surface area contributed by atoms with Gasteiger partial charge in [-0.15, -0.1) is 11.3 Å². The van der Waals surface area contributed by atoms with Gasteiger partial charge in [-0.05, 0) is 54.8 Å². The molecule has 2 aromatic carbocycles. The number of sulfonamides is 1. The number of thiophene rings is 1. The summed E-state index contributed by atoms with van der Waals surface area (Å²) in [6.45, 7) is 3.07. The molecule has 1 fully saturated rings. The summed E-state index contributed by atoms with van der Waals surface area (Å²) in [5, 5.41) is 7.01. The molecule has 3 aromatic rings. The van der Waals surface area contributed by atoms with Crippen molar-refractivity contribution in [2.45, 2.75) is 11.8 Å². The molecule has 3 amide bonds. The largest absolute Gasteiger partial charge is 0.336 e. The monoisotopic (exact) mass is 456 g/mol. The number of urea groups is 1. The van der Waals surface area contributed by atoms with Crippen LogP contribution in [0, 0.1) is 6.92 Å². The maximum absolute atomic E-state index is 12.8. The summed E-state index contributed by atoms with van der Waals surface area (Å²) >= 11 is 1.05. The lowest BCUT2D eigenvalue weighted by molar-refractivity contribution is 0.102. The molecule has 0 radical (unpaired) electrons. The number of aryl methyl sites for hydroxylation is 1. The molecule has 1 aliphatic rings. The molecule has 0 bridgehead atoms. The van der Waals surface area contributed by atoms with E-state index < -0.39 is 15.9 Å². The topological polar surface area (TPSA) is 108 Å². The summed E-state index contributed by atoms with van der Waals surface area (Å²) in [4.78, 5) is 26.1. The van der Waals surface area contributed by atoms with E-state index in [1.807, 2.05) is 6.92 Å². The van der Waals surface area contributed by atoms with Crippen LogP contribution in [-0.2, 0) is 10.0 Å². The molecule has 31 heavy (non-hydrogen) atoms. The van der Waals surface area contributed by atoms with Crippen molar-refractivity contribution in [3.8, 4) is 0 Å². The average Bonchev–Trinajstić information content (AvgIpc) is 3.40. The van der Waals surface area contributed by atoms with Crippen molar-refractivity contribution in [1.29, 1.82) is 0 Å². The number of amides is 3. The minimum atomic E-state index is -3.93. The number of hydrogen-bond donors (Lipinski definition) is 3. The van der Waals surface area contributed by atoms with Crippen LogP contribution < -0.4 is 20.3 Å². The molecule has 1 saturated heterocycles. The minimum Gasteiger partial charge on any atom is -0.336 e. The van der Waals surface area contributed by atoms with Gasteiger partial charge in [-0.2, -0.15) is 0 Å². The Bertz CT molecular complexity index is 1220. The van der Waals surface area contributed by atoms with Crippen LogP contribution >= 0.6 is 11.3 Å². The van der Waals surface area contributed by atoms with Crippen molar-refractivity contribution in [2.24, 2.45) is 0 Å². The molecule has 160 valence electrons. The highest BCUT2D eigenvalue weighted by Crippen LogP contribution is 2.26. The number of nitrogens with one attached hydrogen (secondary N) is 3. The molecule has 1 aromatic heterocycles. The molecule has 0 unspecified atom stereocenters. The van der Waals surface area contributed by atoms with Crippen LogP contribution in [0.2, 0.25) is 0 Å². The lowest BCUT2D eigenvalue weighted by atomic mass is 10.2. The first-order valence-electron chi connectivity index (χ1n) is 9.47. The van der Waals surface area contributed by atoms with E-state index >= 15 is 0 Å². The number of anilines is 3. The van der Waals surface area contributed by atoms with Crippen LogP contribution in [0.25, 0.3) is 0 Å². The molecule has 0 saturated carbocycles. The maximum atomic E-state index is 12.8. The van der Waals surface area contributed by atoms with E-state index in [9.17, 15) is 18.0 Å². The normalized spacial score (nSPS) is 13.7. The average molecular weight is 457 g/mol. The van der Waals surface area contributed by atoms with Crippen molar-refractivity contribution in [1.82, 2.24) is 5.32 Å². The predicted octanol–water partition coefficient (Wildman–Crippen LogP) is 3.64. The van der Waals surface area contributed by atoms with E-state index in [2.05, 4.69) is 15.4 Å². The van der Waals surface area contributed by atoms with Gasteiger partial charge in [0.15, 0.2) is 0 Å². The predicted molar refractivity (Wildman–Crippen MR) is 121 cm³/mol. The second kappa shape index (κ2) is 8.40. The Balaban J connectivity index is 1.49. The first kappa shape index (κ1) is 20.9. The SMILES string of the molecule is Cc1ccc(NS(=O)(=O)c2ccsc2C(=O)Nc2ccc(N3CCNC3=O)cc2)cc1. The Kier molecular flexibility index (Phi) is 5.66. The van der Waals surface area contributed by atoms with E-state index in [0.717, 1.165) is 22.6 Å². The molecular weight excluding hydrogens is 436 g/mol. The van der Waals surface area contributed by atoms with Crippen molar-refractivity contribution >= 4 is 50.4 Å². The molecular formula is C21H20N4O4S2. The van der Waals surface area contributed by atoms with Gasteiger partial charge < -0.3 is 10.6 Å². The minimum absolute atomic E-state index is 0.0825. The molecule has 3 N–H and O–H groups in total. The van der Waals surface area contributed by atoms with Crippen LogP contribution in [0.1, 0.15) is 15.2 Å². The molecule has 0 spiro atoms. The van der Waals surface area contributed by atoms with Crippen molar-refractivity contribution < 1.29 is 18.0 Å². The molecule has 4 rings (SSSR count). The third-order valence-electron chi connectivity index (χ3n) is 4.72. The Labute approximate surface area is 183 Å². The zero-order chi connectivity index (χ0) is 22.0. The van der Waals surface area contributed by atoms with Gasteiger partial charge in [0.25, 0.3) is 15.9 Å². The third-order valence-corrected chi connectivity index (χ3v) is 7.19. The Hall–Kier alpha value is -3.37. The third kappa shape index (κ3) is 4.54. The maximum Gasteiger partial charge on any atom is 0.321 e. The van der Waals surface area contributed by atoms with E-state index in [4.69, 9.17) is 0 Å². The zero-order valence-electron chi connectivity index (χ0n) is 16.6. The van der Waals surface area contributed by atoms with Gasteiger partial charge in [0.05, 0.1) is 0 Å². The van der Waals surface area contributed by atoms with Gasteiger partial charge in [0, 0.05) is 30.2 Å². The summed E-state index contributed by atoms with van der Waals surface area (Å²) in [7, 11) is -3.93. The van der Waals surface area contributed by atoms with Gasteiger partial charge in [0.1, 0.15) is 9.77 Å². The standard InChI is InChI=1S/C21H20N4O4S2/c1-14-2-4-16(5-3-14)24-31(28,29)18-10-13-30-19(18)20(26)23-15-6-8-17(9-7-15)25-12-11-22-21(25)27/h2-10,13,24H,11-12H2,1H3,(H,22,27)(H,23,26). The smallest absolute Gasteiger partial charge is 0.321 e. The Morgan fingerprint density at radius 1 is 1.03 bits per heavy atom. The number of rotatable bonds is 6. The van der Waals surface area contributed by atoms with E-state index in [1.54, 1.807) is 58.8 Å². The van der Waals surface area contributed by atoms with Crippen molar-refractivity contribution in [2.75, 3.05) is 28.0 Å². The van der Waals surface area contributed by atoms with E-state index in [1.165, 1.54) is 6.07 Å². The lowest BCUT2D eigenvalue weighted by Crippen LogP contribution is -2.27. The van der Waals surface area contributed by atoms with Gasteiger partial charge in [0.2, 0.25) is 0 Å². The molecule has 8 nitrogen and oxygen atoms in total. The molecule has 0 atom stereocenters. The number of nitrogens with zero attached hydrogens (tertiary/aromatic N) is 1. The number of carbonyl (C=O) groups is 2. The van der Waals surface area contributed by atoms with E-state index in [0.29, 0.717) is 24.5 Å². The highest BCUT2D eigenvalue weighted by molar-refractivity contribution is 7.93. The van der Waals surface area contributed by atoms with Crippen LogP contribution in [0.3, 0.4) is 0 Å². The van der Waals surface area contributed by atoms with Gasteiger partial charge in [-0.25, -0.2) is 13.2 Å². The fraction of sp³-hybridized carbons (Fsp3) is 0.143. The molecule has 0 aliphatic carbocycles. The summed E-state index contributed by atoms with van der Waals surface area (Å²) in [6.07, 6.45) is 0. The van der Waals surface area contributed by atoms with Crippen LogP contribution in [-0.4, -0.2) is 33.4 Å². The number of benzene rings is 2. The van der Waals surface area contributed by atoms with E-state index in [-0.39, 0.29) is 15.8 Å². The van der Waals surface area contributed by atoms with Crippen LogP contribution in [0.4, 0.5) is 21.9 Å². The van der Waals surface area contributed by atoms with Gasteiger partial charge in [-0.3, -0.25) is 14.4 Å². The second-order valence-corrected chi connectivity index (χ2v) is 9.54. The molecule has 2 heterocycles. The fourth-order valence-electron chi connectivity index (χ4n) is 3.14. The van der Waals surface area contributed by atoms with Crippen molar-refractivity contribution in [3.05, 3.63) is 70.4 Å². The summed E-state index contributed by atoms with van der Waals surface area (Å²) in [5.74, 6) is -0.522. The van der Waals surface area contributed by atoms with Gasteiger partial charge >= 0.3 is 6.03 Å².